The van der Waals surface area contributed by atoms with Crippen LogP contribution in [-0.4, -0.2) is 21.6 Å². The maximum atomic E-state index is 13.1. The lowest BCUT2D eigenvalue weighted by atomic mass is 10.1. The highest BCUT2D eigenvalue weighted by Crippen LogP contribution is 2.19. The van der Waals surface area contributed by atoms with Crippen molar-refractivity contribution < 1.29 is 14.0 Å². The molecule has 0 aliphatic rings. The topological polar surface area (TPSA) is 76.0 Å². The van der Waals surface area contributed by atoms with Crippen LogP contribution in [0, 0.1) is 19.7 Å². The van der Waals surface area contributed by atoms with E-state index in [4.69, 9.17) is 0 Å². The molecule has 0 unspecified atom stereocenters. The zero-order chi connectivity index (χ0) is 20.3. The third kappa shape index (κ3) is 4.28. The van der Waals surface area contributed by atoms with Gasteiger partial charge >= 0.3 is 0 Å². The summed E-state index contributed by atoms with van der Waals surface area (Å²) in [5.41, 5.74) is 8.16. The number of halogens is 2. The lowest BCUT2D eigenvalue weighted by Gasteiger charge is -2.09. The molecule has 3 rings (SSSR count). The Morgan fingerprint density at radius 3 is 2.43 bits per heavy atom. The van der Waals surface area contributed by atoms with Crippen LogP contribution in [0.4, 0.5) is 4.39 Å². The number of hydrogen-bond acceptors (Lipinski definition) is 3. The number of nitrogens with one attached hydrogen (secondary N) is 2. The van der Waals surface area contributed by atoms with Crippen molar-refractivity contribution in [3.8, 4) is 5.69 Å². The lowest BCUT2D eigenvalue weighted by Crippen LogP contribution is -2.42. The number of rotatable bonds is 4. The van der Waals surface area contributed by atoms with Crippen LogP contribution < -0.4 is 10.9 Å². The van der Waals surface area contributed by atoms with Crippen LogP contribution in [0.2, 0.25) is 0 Å². The summed E-state index contributed by atoms with van der Waals surface area (Å²) in [5, 5.41) is 4.44. The molecule has 8 heteroatoms. The minimum Gasteiger partial charge on any atom is -0.273 e. The van der Waals surface area contributed by atoms with E-state index in [2.05, 4.69) is 31.9 Å². The summed E-state index contributed by atoms with van der Waals surface area (Å²) in [6.45, 7) is 3.64. The summed E-state index contributed by atoms with van der Waals surface area (Å²) < 4.78 is 15.4. The molecule has 1 heterocycles. The Morgan fingerprint density at radius 1 is 1.07 bits per heavy atom. The number of carbonyl (C=O) groups is 2. The first-order chi connectivity index (χ1) is 13.4. The van der Waals surface area contributed by atoms with Gasteiger partial charge in [0.05, 0.1) is 23.4 Å². The molecule has 0 saturated heterocycles. The molecule has 0 fully saturated rings. The van der Waals surface area contributed by atoms with Crippen molar-refractivity contribution in [1.82, 2.24) is 20.6 Å². The molecule has 0 aliphatic heterocycles. The van der Waals surface area contributed by atoms with Gasteiger partial charge in [-0.3, -0.25) is 20.4 Å². The predicted molar refractivity (Wildman–Crippen MR) is 106 cm³/mol. The van der Waals surface area contributed by atoms with Crippen molar-refractivity contribution >= 4 is 27.7 Å². The number of carbonyl (C=O) groups excluding carboxylic acids is 2. The number of hydrazine groups is 1. The van der Waals surface area contributed by atoms with Crippen molar-refractivity contribution in [2.45, 2.75) is 20.3 Å². The quantitative estimate of drug-likeness (QED) is 0.605. The molecule has 1 aromatic heterocycles. The Balaban J connectivity index is 1.68. The molecule has 144 valence electrons. The molecule has 0 bridgehead atoms. The molecule has 6 nitrogen and oxygen atoms in total. The van der Waals surface area contributed by atoms with Crippen molar-refractivity contribution in [2.75, 3.05) is 0 Å². The average molecular weight is 445 g/mol. The van der Waals surface area contributed by atoms with Crippen molar-refractivity contribution in [2.24, 2.45) is 0 Å². The first-order valence-corrected chi connectivity index (χ1v) is 9.31. The Bertz CT molecular complexity index is 1030. The van der Waals surface area contributed by atoms with Gasteiger partial charge in [-0.05, 0) is 66.2 Å². The zero-order valence-electron chi connectivity index (χ0n) is 15.3. The van der Waals surface area contributed by atoms with Gasteiger partial charge in [-0.1, -0.05) is 12.1 Å². The molecule has 3 aromatic rings. The van der Waals surface area contributed by atoms with E-state index in [0.717, 1.165) is 11.3 Å². The van der Waals surface area contributed by atoms with Crippen LogP contribution in [-0.2, 0) is 11.2 Å². The number of aryl methyl sites for hydroxylation is 1. The van der Waals surface area contributed by atoms with Gasteiger partial charge in [-0.2, -0.15) is 5.10 Å². The van der Waals surface area contributed by atoms with E-state index >= 15 is 0 Å². The normalized spacial score (nSPS) is 10.6. The first kappa shape index (κ1) is 19.8. The minimum atomic E-state index is -0.420. The van der Waals surface area contributed by atoms with Crippen molar-refractivity contribution in [3.05, 3.63) is 81.3 Å². The van der Waals surface area contributed by atoms with E-state index in [-0.39, 0.29) is 18.1 Å². The van der Waals surface area contributed by atoms with Crippen LogP contribution in [0.1, 0.15) is 27.3 Å². The van der Waals surface area contributed by atoms with Gasteiger partial charge in [0.25, 0.3) is 5.91 Å². The predicted octanol–water partition coefficient (Wildman–Crippen LogP) is 3.39. The summed E-state index contributed by atoms with van der Waals surface area (Å²) in [7, 11) is 0. The fourth-order valence-electron chi connectivity index (χ4n) is 2.81. The zero-order valence-corrected chi connectivity index (χ0v) is 16.9. The number of aromatic nitrogens is 2. The van der Waals surface area contributed by atoms with Gasteiger partial charge < -0.3 is 0 Å². The van der Waals surface area contributed by atoms with Gasteiger partial charge in [0.2, 0.25) is 5.91 Å². The van der Waals surface area contributed by atoms with E-state index in [1.54, 1.807) is 48.0 Å². The van der Waals surface area contributed by atoms with Gasteiger partial charge in [0.1, 0.15) is 5.82 Å². The van der Waals surface area contributed by atoms with Gasteiger partial charge in [-0.15, -0.1) is 0 Å². The molecule has 0 spiro atoms. The second-order valence-electron chi connectivity index (χ2n) is 6.20. The fourth-order valence-corrected chi connectivity index (χ4v) is 3.27. The Kier molecular flexibility index (Phi) is 5.89. The van der Waals surface area contributed by atoms with E-state index in [1.165, 1.54) is 12.1 Å². The number of benzene rings is 2. The maximum Gasteiger partial charge on any atom is 0.270 e. The molecular weight excluding hydrogens is 427 g/mol. The van der Waals surface area contributed by atoms with E-state index in [0.29, 0.717) is 21.4 Å². The number of amides is 2. The summed E-state index contributed by atoms with van der Waals surface area (Å²) in [4.78, 5) is 24.5. The Morgan fingerprint density at radius 2 is 1.75 bits per heavy atom. The van der Waals surface area contributed by atoms with E-state index < -0.39 is 5.91 Å². The van der Waals surface area contributed by atoms with Crippen LogP contribution in [0.5, 0.6) is 0 Å². The van der Waals surface area contributed by atoms with Crippen molar-refractivity contribution in [1.29, 1.82) is 0 Å². The first-order valence-electron chi connectivity index (χ1n) is 8.51. The summed E-state index contributed by atoms with van der Waals surface area (Å²) in [6.07, 6.45) is 0.0507. The third-order valence-corrected chi connectivity index (χ3v) is 4.98. The van der Waals surface area contributed by atoms with E-state index in [1.807, 2.05) is 6.92 Å². The standard InChI is InChI=1S/C20H18BrFN4O2/c1-12-17(13(2)26(25-12)15-9-7-14(22)8-10-15)11-19(27)23-24-20(28)16-5-3-4-6-18(16)21/h3-10H,11H2,1-2H3,(H,23,27)(H,24,28). The second kappa shape index (κ2) is 8.35. The lowest BCUT2D eigenvalue weighted by molar-refractivity contribution is -0.121. The molecule has 2 amide bonds. The van der Waals surface area contributed by atoms with Gasteiger partial charge in [0, 0.05) is 15.7 Å². The Hall–Kier alpha value is -3.00. The van der Waals surface area contributed by atoms with E-state index in [9.17, 15) is 14.0 Å². The van der Waals surface area contributed by atoms with Crippen LogP contribution in [0.25, 0.3) is 5.69 Å². The fraction of sp³-hybridized carbons (Fsp3) is 0.150. The van der Waals surface area contributed by atoms with Crippen LogP contribution >= 0.6 is 15.9 Å². The van der Waals surface area contributed by atoms with Gasteiger partial charge in [-0.25, -0.2) is 9.07 Å². The smallest absolute Gasteiger partial charge is 0.270 e. The highest BCUT2D eigenvalue weighted by molar-refractivity contribution is 9.10. The Labute approximate surface area is 169 Å². The molecule has 2 aromatic carbocycles. The summed E-state index contributed by atoms with van der Waals surface area (Å²) in [5.74, 6) is -1.12. The number of hydrogen-bond donors (Lipinski definition) is 2. The average Bonchev–Trinajstić information content (AvgIpc) is 2.95. The highest BCUT2D eigenvalue weighted by atomic mass is 79.9. The maximum absolute atomic E-state index is 13.1. The van der Waals surface area contributed by atoms with Crippen LogP contribution in [0.3, 0.4) is 0 Å². The third-order valence-electron chi connectivity index (χ3n) is 4.28. The molecule has 0 aliphatic carbocycles. The highest BCUT2D eigenvalue weighted by Gasteiger charge is 2.17. The molecule has 0 atom stereocenters. The summed E-state index contributed by atoms with van der Waals surface area (Å²) in [6, 6.07) is 12.9. The van der Waals surface area contributed by atoms with Crippen molar-refractivity contribution in [3.63, 3.8) is 0 Å². The monoisotopic (exact) mass is 444 g/mol. The largest absolute Gasteiger partial charge is 0.273 e. The SMILES string of the molecule is Cc1nn(-c2ccc(F)cc2)c(C)c1CC(=O)NNC(=O)c1ccccc1Br. The molecule has 0 radical (unpaired) electrons. The molecule has 0 saturated carbocycles. The molecular formula is C20H18BrFN4O2. The molecule has 28 heavy (non-hydrogen) atoms. The second-order valence-corrected chi connectivity index (χ2v) is 7.05. The van der Waals surface area contributed by atoms with Gasteiger partial charge in [0.15, 0.2) is 0 Å². The summed E-state index contributed by atoms with van der Waals surface area (Å²) >= 11 is 3.30. The number of nitrogens with zero attached hydrogens (tertiary/aromatic N) is 2. The van der Waals surface area contributed by atoms with Crippen LogP contribution in [0.15, 0.2) is 53.0 Å². The molecule has 2 N–H and O–H groups in total. The minimum absolute atomic E-state index is 0.0507.